The predicted molar refractivity (Wildman–Crippen MR) is 125 cm³/mol. The highest BCUT2D eigenvalue weighted by molar-refractivity contribution is 8.15. The number of aliphatic imine (C=N–C) groups is 1. The van der Waals surface area contributed by atoms with E-state index in [1.54, 1.807) is 11.8 Å². The Kier molecular flexibility index (Phi) is 9.79. The molecule has 0 radical (unpaired) electrons. The van der Waals surface area contributed by atoms with E-state index >= 15 is 0 Å². The molecule has 0 aliphatic heterocycles. The predicted octanol–water partition coefficient (Wildman–Crippen LogP) is 8.36. The normalized spacial score (nSPS) is 13.8. The number of hydrogen-bond acceptors (Lipinski definition) is 3. The van der Waals surface area contributed by atoms with Gasteiger partial charge in [0.15, 0.2) is 0 Å². The monoisotopic (exact) mass is 397 g/mol. The molecule has 0 saturated heterocycles. The van der Waals surface area contributed by atoms with E-state index in [-0.39, 0.29) is 0 Å². The van der Waals surface area contributed by atoms with Crippen LogP contribution in [0.5, 0.6) is 0 Å². The summed E-state index contributed by atoms with van der Waals surface area (Å²) in [5.41, 5.74) is 2.26. The number of rotatable bonds is 9. The molecule has 2 aromatic carbocycles. The Balaban J connectivity index is 2.24. The minimum absolute atomic E-state index is 0.613. The van der Waals surface area contributed by atoms with Crippen molar-refractivity contribution in [1.29, 1.82) is 0 Å². The zero-order valence-electron chi connectivity index (χ0n) is 16.9. The summed E-state index contributed by atoms with van der Waals surface area (Å²) in [5.74, 6) is 0.704. The molecule has 3 heteroatoms. The zero-order chi connectivity index (χ0) is 19.5. The van der Waals surface area contributed by atoms with E-state index in [1.807, 2.05) is 17.8 Å². The zero-order valence-corrected chi connectivity index (χ0v) is 18.5. The van der Waals surface area contributed by atoms with Gasteiger partial charge >= 0.3 is 0 Å². The van der Waals surface area contributed by atoms with E-state index < -0.39 is 0 Å². The Bertz CT molecular complexity index is 721. The van der Waals surface area contributed by atoms with Gasteiger partial charge in [0.1, 0.15) is 5.04 Å². The number of benzene rings is 2. The summed E-state index contributed by atoms with van der Waals surface area (Å²) >= 11 is 3.71. The average Bonchev–Trinajstić information content (AvgIpc) is 2.67. The van der Waals surface area contributed by atoms with Crippen LogP contribution in [0.4, 0.5) is 5.69 Å². The summed E-state index contributed by atoms with van der Waals surface area (Å²) in [6.07, 6.45) is 3.67. The van der Waals surface area contributed by atoms with Gasteiger partial charge in [-0.3, -0.25) is 0 Å². The van der Waals surface area contributed by atoms with E-state index in [0.29, 0.717) is 11.2 Å². The molecule has 27 heavy (non-hydrogen) atoms. The van der Waals surface area contributed by atoms with Crippen LogP contribution in [0.15, 0.2) is 81.5 Å². The molecular weight excluding hydrogens is 366 g/mol. The number of thioether (sulfide) groups is 2. The van der Waals surface area contributed by atoms with Gasteiger partial charge in [-0.2, -0.15) is 0 Å². The van der Waals surface area contributed by atoms with Gasteiger partial charge in [0.05, 0.1) is 5.69 Å². The molecule has 0 fully saturated rings. The molecule has 1 unspecified atom stereocenters. The minimum Gasteiger partial charge on any atom is -0.242 e. The van der Waals surface area contributed by atoms with E-state index in [4.69, 9.17) is 4.99 Å². The van der Waals surface area contributed by atoms with Gasteiger partial charge in [-0.05, 0) is 60.9 Å². The number of nitrogens with zero attached hydrogens (tertiary/aromatic N) is 1. The number of hydrogen-bond donors (Lipinski definition) is 0. The fourth-order valence-electron chi connectivity index (χ4n) is 2.76. The van der Waals surface area contributed by atoms with Gasteiger partial charge in [-0.25, -0.2) is 4.99 Å². The van der Waals surface area contributed by atoms with Crippen LogP contribution in [0.25, 0.3) is 0 Å². The molecule has 2 aromatic rings. The van der Waals surface area contributed by atoms with Crippen LogP contribution in [0.1, 0.15) is 47.0 Å². The smallest absolute Gasteiger partial charge is 0.100 e. The molecule has 0 aromatic heterocycles. The molecule has 144 valence electrons. The van der Waals surface area contributed by atoms with E-state index in [2.05, 4.69) is 87.7 Å². The highest BCUT2D eigenvalue weighted by Gasteiger charge is 2.16. The Hall–Kier alpha value is -1.45. The van der Waals surface area contributed by atoms with Crippen molar-refractivity contribution >= 4 is 34.3 Å². The van der Waals surface area contributed by atoms with Crippen LogP contribution in [0.2, 0.25) is 0 Å². The van der Waals surface area contributed by atoms with Crippen molar-refractivity contribution in [2.24, 2.45) is 10.9 Å². The van der Waals surface area contributed by atoms with Crippen molar-refractivity contribution in [3.63, 3.8) is 0 Å². The SMILES string of the molecule is CCCC(CC(C)C)SC(=N\c1ccccc1)/C(C)=C/Sc1ccccc1. The van der Waals surface area contributed by atoms with Crippen LogP contribution in [0, 0.1) is 5.92 Å². The third kappa shape index (κ3) is 8.40. The molecule has 1 atom stereocenters. The Morgan fingerprint density at radius 3 is 2.22 bits per heavy atom. The molecule has 1 nitrogen and oxygen atoms in total. The summed E-state index contributed by atoms with van der Waals surface area (Å²) < 4.78 is 0. The van der Waals surface area contributed by atoms with Crippen molar-refractivity contribution < 1.29 is 0 Å². The van der Waals surface area contributed by atoms with Gasteiger partial charge in [0.2, 0.25) is 0 Å². The fourth-order valence-corrected chi connectivity index (χ4v) is 5.13. The van der Waals surface area contributed by atoms with Crippen LogP contribution >= 0.6 is 23.5 Å². The molecule has 0 aliphatic rings. The van der Waals surface area contributed by atoms with Gasteiger partial charge < -0.3 is 0 Å². The van der Waals surface area contributed by atoms with E-state index in [1.165, 1.54) is 29.7 Å². The minimum atomic E-state index is 0.613. The lowest BCUT2D eigenvalue weighted by Gasteiger charge is -2.19. The first-order valence-electron chi connectivity index (χ1n) is 9.77. The van der Waals surface area contributed by atoms with Gasteiger partial charge in [0.25, 0.3) is 0 Å². The molecule has 2 rings (SSSR count). The third-order valence-electron chi connectivity index (χ3n) is 4.06. The molecule has 0 aliphatic carbocycles. The second-order valence-electron chi connectivity index (χ2n) is 7.14. The highest BCUT2D eigenvalue weighted by atomic mass is 32.2. The highest BCUT2D eigenvalue weighted by Crippen LogP contribution is 2.31. The second-order valence-corrected chi connectivity index (χ2v) is 9.37. The fraction of sp³-hybridized carbons (Fsp3) is 0.375. The molecule has 0 spiro atoms. The van der Waals surface area contributed by atoms with Crippen LogP contribution in [-0.4, -0.2) is 10.3 Å². The largest absolute Gasteiger partial charge is 0.242 e. The lowest BCUT2D eigenvalue weighted by Crippen LogP contribution is -2.11. The summed E-state index contributed by atoms with van der Waals surface area (Å²) in [5, 5.41) is 3.99. The first-order chi connectivity index (χ1) is 13.1. The van der Waals surface area contributed by atoms with Crippen molar-refractivity contribution in [2.75, 3.05) is 0 Å². The number of para-hydroxylation sites is 1. The molecule has 0 saturated carbocycles. The van der Waals surface area contributed by atoms with Gasteiger partial charge in [-0.1, -0.05) is 75.4 Å². The Morgan fingerprint density at radius 2 is 1.63 bits per heavy atom. The maximum atomic E-state index is 5.00. The summed E-state index contributed by atoms with van der Waals surface area (Å²) in [6, 6.07) is 20.8. The maximum Gasteiger partial charge on any atom is 0.100 e. The molecule has 0 amide bonds. The van der Waals surface area contributed by atoms with Crippen molar-refractivity contribution in [3.8, 4) is 0 Å². The third-order valence-corrected chi connectivity index (χ3v) is 6.48. The van der Waals surface area contributed by atoms with E-state index in [0.717, 1.165) is 10.7 Å². The standard InChI is InChI=1S/C24H31NS2/c1-5-12-23(17-19(2)3)27-24(25-21-13-8-6-9-14-21)20(4)18-26-22-15-10-7-11-16-22/h6-11,13-16,18-19,23H,5,12,17H2,1-4H3/b20-18+,25-24-. The topological polar surface area (TPSA) is 12.4 Å². The molecule has 0 N–H and O–H groups in total. The van der Waals surface area contributed by atoms with Crippen LogP contribution in [-0.2, 0) is 0 Å². The summed E-state index contributed by atoms with van der Waals surface area (Å²) in [6.45, 7) is 9.08. The lowest BCUT2D eigenvalue weighted by molar-refractivity contribution is 0.547. The van der Waals surface area contributed by atoms with Gasteiger partial charge in [-0.15, -0.1) is 11.8 Å². The Labute approximate surface area is 173 Å². The van der Waals surface area contributed by atoms with Crippen molar-refractivity contribution in [2.45, 2.75) is 57.1 Å². The summed E-state index contributed by atoms with van der Waals surface area (Å²) in [7, 11) is 0. The summed E-state index contributed by atoms with van der Waals surface area (Å²) in [4.78, 5) is 6.26. The van der Waals surface area contributed by atoms with Crippen LogP contribution in [0.3, 0.4) is 0 Å². The first kappa shape index (κ1) is 21.8. The van der Waals surface area contributed by atoms with Gasteiger partial charge in [0, 0.05) is 10.1 Å². The average molecular weight is 398 g/mol. The molecular formula is C24H31NS2. The Morgan fingerprint density at radius 1 is 1.00 bits per heavy atom. The molecule has 0 bridgehead atoms. The van der Waals surface area contributed by atoms with Crippen molar-refractivity contribution in [3.05, 3.63) is 71.6 Å². The van der Waals surface area contributed by atoms with Crippen LogP contribution < -0.4 is 0 Å². The second kappa shape index (κ2) is 12.1. The lowest BCUT2D eigenvalue weighted by atomic mass is 10.1. The van der Waals surface area contributed by atoms with E-state index in [9.17, 15) is 0 Å². The molecule has 0 heterocycles. The quantitative estimate of drug-likeness (QED) is 0.239. The first-order valence-corrected chi connectivity index (χ1v) is 11.5. The maximum absolute atomic E-state index is 5.00. The van der Waals surface area contributed by atoms with Crippen molar-refractivity contribution in [1.82, 2.24) is 0 Å².